The van der Waals surface area contributed by atoms with E-state index in [1.807, 2.05) is 5.38 Å². The van der Waals surface area contributed by atoms with E-state index in [1.54, 1.807) is 17.4 Å². The SMILES string of the molecule is CC(C)c1nc(COc2ccc(F)cc2CN)cs1. The number of halogens is 1. The number of ether oxygens (including phenoxy) is 1. The van der Waals surface area contributed by atoms with Crippen LogP contribution in [0.4, 0.5) is 4.39 Å². The number of aromatic nitrogens is 1. The first-order valence-electron chi connectivity index (χ1n) is 6.15. The van der Waals surface area contributed by atoms with Crippen LogP contribution >= 0.6 is 11.3 Å². The second-order valence-corrected chi connectivity index (χ2v) is 5.47. The Kier molecular flexibility index (Phi) is 4.50. The van der Waals surface area contributed by atoms with Crippen LogP contribution in [-0.2, 0) is 13.2 Å². The molecule has 0 aliphatic rings. The van der Waals surface area contributed by atoms with E-state index in [0.717, 1.165) is 10.7 Å². The number of thiazole rings is 1. The zero-order chi connectivity index (χ0) is 13.8. The summed E-state index contributed by atoms with van der Waals surface area (Å²) in [6, 6.07) is 4.37. The Bertz CT molecular complexity index is 554. The van der Waals surface area contributed by atoms with Gasteiger partial charge in [0.15, 0.2) is 0 Å². The Labute approximate surface area is 116 Å². The van der Waals surface area contributed by atoms with Gasteiger partial charge in [-0.3, -0.25) is 0 Å². The summed E-state index contributed by atoms with van der Waals surface area (Å²) in [4.78, 5) is 4.49. The fourth-order valence-electron chi connectivity index (χ4n) is 1.65. The average Bonchev–Trinajstić information content (AvgIpc) is 2.86. The number of hydrogen-bond acceptors (Lipinski definition) is 4. The van der Waals surface area contributed by atoms with Crippen LogP contribution in [0.2, 0.25) is 0 Å². The van der Waals surface area contributed by atoms with Crippen molar-refractivity contribution in [3.05, 3.63) is 45.7 Å². The molecule has 0 spiro atoms. The molecule has 5 heteroatoms. The lowest BCUT2D eigenvalue weighted by Gasteiger charge is -2.09. The predicted molar refractivity (Wildman–Crippen MR) is 74.8 cm³/mol. The molecule has 0 bridgehead atoms. The van der Waals surface area contributed by atoms with Gasteiger partial charge in [-0.25, -0.2) is 9.37 Å². The van der Waals surface area contributed by atoms with Gasteiger partial charge in [0.1, 0.15) is 18.2 Å². The van der Waals surface area contributed by atoms with Gasteiger partial charge in [0.05, 0.1) is 10.7 Å². The van der Waals surface area contributed by atoms with Gasteiger partial charge in [0, 0.05) is 23.4 Å². The Morgan fingerprint density at radius 2 is 2.21 bits per heavy atom. The molecule has 0 amide bonds. The van der Waals surface area contributed by atoms with Crippen molar-refractivity contribution in [1.29, 1.82) is 0 Å². The summed E-state index contributed by atoms with van der Waals surface area (Å²) in [5.74, 6) is 0.732. The summed E-state index contributed by atoms with van der Waals surface area (Å²) in [6.45, 7) is 4.84. The molecule has 3 nitrogen and oxygen atoms in total. The largest absolute Gasteiger partial charge is 0.487 e. The van der Waals surface area contributed by atoms with E-state index in [4.69, 9.17) is 10.5 Å². The maximum absolute atomic E-state index is 13.1. The van der Waals surface area contributed by atoms with E-state index in [-0.39, 0.29) is 12.4 Å². The van der Waals surface area contributed by atoms with Crippen LogP contribution in [0.3, 0.4) is 0 Å². The van der Waals surface area contributed by atoms with Crippen LogP contribution in [-0.4, -0.2) is 4.98 Å². The topological polar surface area (TPSA) is 48.1 Å². The number of nitrogens with zero attached hydrogens (tertiary/aromatic N) is 1. The molecular formula is C14H17FN2OS. The molecule has 1 aromatic heterocycles. The van der Waals surface area contributed by atoms with E-state index in [9.17, 15) is 4.39 Å². The van der Waals surface area contributed by atoms with Crippen LogP contribution in [0.15, 0.2) is 23.6 Å². The smallest absolute Gasteiger partial charge is 0.131 e. The molecule has 2 rings (SSSR count). The van der Waals surface area contributed by atoms with E-state index < -0.39 is 0 Å². The Morgan fingerprint density at radius 3 is 2.84 bits per heavy atom. The first-order valence-corrected chi connectivity index (χ1v) is 7.03. The zero-order valence-electron chi connectivity index (χ0n) is 11.0. The molecule has 0 aliphatic carbocycles. The molecule has 0 unspecified atom stereocenters. The molecule has 0 radical (unpaired) electrons. The maximum Gasteiger partial charge on any atom is 0.131 e. The second-order valence-electron chi connectivity index (χ2n) is 4.58. The number of rotatable bonds is 5. The van der Waals surface area contributed by atoms with Gasteiger partial charge in [0.25, 0.3) is 0 Å². The first kappa shape index (κ1) is 14.0. The minimum absolute atomic E-state index is 0.251. The minimum atomic E-state index is -0.302. The molecule has 0 saturated heterocycles. The molecule has 2 aromatic rings. The molecular weight excluding hydrogens is 263 g/mol. The summed E-state index contributed by atoms with van der Waals surface area (Å²) < 4.78 is 18.7. The van der Waals surface area contributed by atoms with Gasteiger partial charge in [0.2, 0.25) is 0 Å². The lowest BCUT2D eigenvalue weighted by Crippen LogP contribution is -2.03. The molecule has 0 saturated carbocycles. The van der Waals surface area contributed by atoms with Crippen molar-refractivity contribution in [1.82, 2.24) is 4.98 Å². The van der Waals surface area contributed by atoms with Gasteiger partial charge in [-0.2, -0.15) is 0 Å². The Balaban J connectivity index is 2.05. The van der Waals surface area contributed by atoms with E-state index in [1.165, 1.54) is 12.1 Å². The predicted octanol–water partition coefficient (Wildman–Crippen LogP) is 3.44. The van der Waals surface area contributed by atoms with Crippen LogP contribution in [0.5, 0.6) is 5.75 Å². The fraction of sp³-hybridized carbons (Fsp3) is 0.357. The van der Waals surface area contributed by atoms with E-state index in [2.05, 4.69) is 18.8 Å². The third-order valence-electron chi connectivity index (χ3n) is 2.68. The molecule has 0 fully saturated rings. The Morgan fingerprint density at radius 1 is 1.42 bits per heavy atom. The van der Waals surface area contributed by atoms with Gasteiger partial charge in [-0.15, -0.1) is 11.3 Å². The molecule has 1 aromatic carbocycles. The minimum Gasteiger partial charge on any atom is -0.487 e. The molecule has 0 atom stereocenters. The molecule has 102 valence electrons. The van der Waals surface area contributed by atoms with Crippen molar-refractivity contribution in [2.24, 2.45) is 5.73 Å². The normalized spacial score (nSPS) is 11.0. The lowest BCUT2D eigenvalue weighted by molar-refractivity contribution is 0.298. The molecule has 19 heavy (non-hydrogen) atoms. The maximum atomic E-state index is 13.1. The number of nitrogens with two attached hydrogens (primary N) is 1. The monoisotopic (exact) mass is 280 g/mol. The van der Waals surface area contributed by atoms with Crippen LogP contribution in [0.1, 0.15) is 36.0 Å². The van der Waals surface area contributed by atoms with Crippen LogP contribution < -0.4 is 10.5 Å². The van der Waals surface area contributed by atoms with Gasteiger partial charge in [-0.1, -0.05) is 13.8 Å². The van der Waals surface area contributed by atoms with Crippen molar-refractivity contribution in [2.75, 3.05) is 0 Å². The lowest BCUT2D eigenvalue weighted by atomic mass is 10.2. The molecule has 0 aliphatic heterocycles. The first-order chi connectivity index (χ1) is 9.10. The Hall–Kier alpha value is -1.46. The molecule has 1 heterocycles. The standard InChI is InChI=1S/C14H17FN2OS/c1-9(2)14-17-12(8-19-14)7-18-13-4-3-11(15)5-10(13)6-16/h3-5,8-9H,6-7,16H2,1-2H3. The highest BCUT2D eigenvalue weighted by Gasteiger charge is 2.08. The third-order valence-corrected chi connectivity index (χ3v) is 3.88. The third kappa shape index (κ3) is 3.52. The van der Waals surface area contributed by atoms with Crippen molar-refractivity contribution >= 4 is 11.3 Å². The van der Waals surface area contributed by atoms with Crippen LogP contribution in [0.25, 0.3) is 0 Å². The summed E-state index contributed by atoms with van der Waals surface area (Å²) in [5, 5.41) is 3.08. The highest BCUT2D eigenvalue weighted by atomic mass is 32.1. The van der Waals surface area contributed by atoms with E-state index in [0.29, 0.717) is 23.8 Å². The highest BCUT2D eigenvalue weighted by molar-refractivity contribution is 7.09. The van der Waals surface area contributed by atoms with Crippen molar-refractivity contribution < 1.29 is 9.13 Å². The van der Waals surface area contributed by atoms with Crippen molar-refractivity contribution in [2.45, 2.75) is 32.9 Å². The average molecular weight is 280 g/mol. The van der Waals surface area contributed by atoms with E-state index >= 15 is 0 Å². The number of hydrogen-bond donors (Lipinski definition) is 1. The summed E-state index contributed by atoms with van der Waals surface area (Å²) in [5.41, 5.74) is 7.13. The quantitative estimate of drug-likeness (QED) is 0.912. The summed E-state index contributed by atoms with van der Waals surface area (Å²) >= 11 is 1.63. The number of benzene rings is 1. The van der Waals surface area contributed by atoms with Gasteiger partial charge >= 0.3 is 0 Å². The summed E-state index contributed by atoms with van der Waals surface area (Å²) in [6.07, 6.45) is 0. The molecule has 2 N–H and O–H groups in total. The van der Waals surface area contributed by atoms with Crippen molar-refractivity contribution in [3.8, 4) is 5.75 Å². The van der Waals surface area contributed by atoms with Gasteiger partial charge in [-0.05, 0) is 18.2 Å². The van der Waals surface area contributed by atoms with Crippen molar-refractivity contribution in [3.63, 3.8) is 0 Å². The zero-order valence-corrected chi connectivity index (χ0v) is 11.8. The second kappa shape index (κ2) is 6.12. The van der Waals surface area contributed by atoms with Crippen LogP contribution in [0, 0.1) is 5.82 Å². The summed E-state index contributed by atoms with van der Waals surface area (Å²) in [7, 11) is 0. The van der Waals surface area contributed by atoms with Gasteiger partial charge < -0.3 is 10.5 Å². The fourth-order valence-corrected chi connectivity index (χ4v) is 2.47. The highest BCUT2D eigenvalue weighted by Crippen LogP contribution is 2.23.